The van der Waals surface area contributed by atoms with Crippen LogP contribution in [0.15, 0.2) is 18.2 Å². The maximum Gasteiger partial charge on any atom is 0.314 e. The summed E-state index contributed by atoms with van der Waals surface area (Å²) in [4.78, 5) is 10.2. The summed E-state index contributed by atoms with van der Waals surface area (Å²) in [5.74, 6) is 0. The molecule has 0 saturated carbocycles. The summed E-state index contributed by atoms with van der Waals surface area (Å²) in [6.45, 7) is 4.03. The fourth-order valence-corrected chi connectivity index (χ4v) is 1.25. The maximum atomic E-state index is 10.2. The molecular weight excluding hydrogens is 150 g/mol. The lowest BCUT2D eigenvalue weighted by molar-refractivity contribution is 0.561. The molecule has 0 heterocycles. The van der Waals surface area contributed by atoms with Gasteiger partial charge >= 0.3 is 6.41 Å². The van der Waals surface area contributed by atoms with Crippen molar-refractivity contribution in [1.29, 1.82) is 0 Å². The third-order valence-corrected chi connectivity index (χ3v) is 1.92. The zero-order valence-electron chi connectivity index (χ0n) is 7.35. The Hall–Kier alpha value is -1.31. The lowest BCUT2D eigenvalue weighted by Crippen LogP contribution is -2.00. The number of hydrogen-bond acceptors (Lipinski definition) is 1. The van der Waals surface area contributed by atoms with E-state index in [0.717, 1.165) is 23.2 Å². The van der Waals surface area contributed by atoms with Crippen LogP contribution >= 0.6 is 0 Å². The van der Waals surface area contributed by atoms with Crippen LogP contribution < -0.4 is 5.32 Å². The van der Waals surface area contributed by atoms with Gasteiger partial charge in [0.1, 0.15) is 0 Å². The average Bonchev–Trinajstić information content (AvgIpc) is 2.09. The molecule has 0 aliphatic carbocycles. The van der Waals surface area contributed by atoms with Crippen molar-refractivity contribution in [2.75, 3.05) is 5.32 Å². The summed E-state index contributed by atoms with van der Waals surface area (Å²) in [6.07, 6.45) is 2.62. The van der Waals surface area contributed by atoms with Crippen LogP contribution in [0.2, 0.25) is 0 Å². The number of benzene rings is 1. The second-order valence-electron chi connectivity index (χ2n) is 2.69. The highest BCUT2D eigenvalue weighted by Crippen LogP contribution is 2.19. The molecule has 0 bridgehead atoms. The molecule has 2 heteroatoms. The topological polar surface area (TPSA) is 29.1 Å². The van der Waals surface area contributed by atoms with Gasteiger partial charge in [-0.15, -0.1) is 0 Å². The highest BCUT2D eigenvalue weighted by Gasteiger charge is 2.01. The van der Waals surface area contributed by atoms with E-state index in [4.69, 9.17) is 0 Å². The summed E-state index contributed by atoms with van der Waals surface area (Å²) in [5.41, 5.74) is 3.13. The van der Waals surface area contributed by atoms with E-state index in [1.807, 2.05) is 25.1 Å². The predicted molar refractivity (Wildman–Crippen MR) is 49.9 cm³/mol. The van der Waals surface area contributed by atoms with Crippen LogP contribution in [0.4, 0.5) is 5.69 Å². The lowest BCUT2D eigenvalue weighted by atomic mass is 10.1. The molecule has 2 nitrogen and oxygen atoms in total. The van der Waals surface area contributed by atoms with Crippen molar-refractivity contribution in [3.05, 3.63) is 29.3 Å². The Labute approximate surface area is 72.6 Å². The quantitative estimate of drug-likeness (QED) is 0.677. The second-order valence-corrected chi connectivity index (χ2v) is 2.69. The van der Waals surface area contributed by atoms with Crippen LogP contribution in [-0.2, 0) is 11.2 Å². The van der Waals surface area contributed by atoms with E-state index in [0.29, 0.717) is 0 Å². The van der Waals surface area contributed by atoms with Crippen LogP contribution in [-0.4, -0.2) is 6.41 Å². The smallest absolute Gasteiger partial charge is 0.314 e. The van der Waals surface area contributed by atoms with Gasteiger partial charge in [0.15, 0.2) is 0 Å². The molecule has 1 aromatic rings. The SMILES string of the molecule is CCc1cccc(C)c1N[C]=O. The molecule has 0 atom stereocenters. The molecule has 0 aliphatic heterocycles. The highest BCUT2D eigenvalue weighted by molar-refractivity contribution is 5.76. The van der Waals surface area contributed by atoms with Gasteiger partial charge in [0, 0.05) is 5.69 Å². The van der Waals surface area contributed by atoms with Crippen molar-refractivity contribution in [3.63, 3.8) is 0 Å². The molecule has 0 aliphatic rings. The Morgan fingerprint density at radius 1 is 1.50 bits per heavy atom. The molecular formula is C10H12NO. The first-order valence-electron chi connectivity index (χ1n) is 4.01. The lowest BCUT2D eigenvalue weighted by Gasteiger charge is -2.08. The van der Waals surface area contributed by atoms with Crippen LogP contribution in [0.1, 0.15) is 18.1 Å². The summed E-state index contributed by atoms with van der Waals surface area (Å²) >= 11 is 0. The van der Waals surface area contributed by atoms with Crippen molar-refractivity contribution in [2.45, 2.75) is 20.3 Å². The molecule has 0 spiro atoms. The molecule has 1 N–H and O–H groups in total. The minimum absolute atomic E-state index is 0.898. The number of hydrogen-bond donors (Lipinski definition) is 1. The fourth-order valence-electron chi connectivity index (χ4n) is 1.25. The van der Waals surface area contributed by atoms with Gasteiger partial charge in [0.2, 0.25) is 0 Å². The molecule has 0 saturated heterocycles. The highest BCUT2D eigenvalue weighted by atomic mass is 16.1. The fraction of sp³-hybridized carbons (Fsp3) is 0.300. The summed E-state index contributed by atoms with van der Waals surface area (Å²) in [5, 5.41) is 2.59. The minimum atomic E-state index is 0.898. The molecule has 1 aromatic carbocycles. The van der Waals surface area contributed by atoms with E-state index >= 15 is 0 Å². The van der Waals surface area contributed by atoms with Crippen molar-refractivity contribution in [2.24, 2.45) is 0 Å². The van der Waals surface area contributed by atoms with E-state index in [-0.39, 0.29) is 0 Å². The molecule has 63 valence electrons. The number of rotatable bonds is 3. The summed E-state index contributed by atoms with van der Waals surface area (Å²) in [7, 11) is 0. The minimum Gasteiger partial charge on any atom is -0.317 e. The summed E-state index contributed by atoms with van der Waals surface area (Å²) in [6, 6.07) is 5.97. The van der Waals surface area contributed by atoms with Gasteiger partial charge in [-0.3, -0.25) is 4.79 Å². The zero-order valence-corrected chi connectivity index (χ0v) is 7.35. The molecule has 12 heavy (non-hydrogen) atoms. The Kier molecular flexibility index (Phi) is 2.86. The average molecular weight is 162 g/mol. The third-order valence-electron chi connectivity index (χ3n) is 1.92. The van der Waals surface area contributed by atoms with Gasteiger partial charge < -0.3 is 5.32 Å². The van der Waals surface area contributed by atoms with Crippen molar-refractivity contribution in [1.82, 2.24) is 0 Å². The molecule has 1 radical (unpaired) electrons. The Morgan fingerprint density at radius 2 is 2.25 bits per heavy atom. The molecule has 0 fully saturated rings. The first-order chi connectivity index (χ1) is 5.79. The first-order valence-corrected chi connectivity index (χ1v) is 4.01. The van der Waals surface area contributed by atoms with Crippen LogP contribution in [0.5, 0.6) is 0 Å². The van der Waals surface area contributed by atoms with Gasteiger partial charge in [-0.2, -0.15) is 0 Å². The van der Waals surface area contributed by atoms with Gasteiger partial charge in [0.05, 0.1) is 0 Å². The first kappa shape index (κ1) is 8.78. The van der Waals surface area contributed by atoms with E-state index in [9.17, 15) is 4.79 Å². The van der Waals surface area contributed by atoms with Crippen LogP contribution in [0.3, 0.4) is 0 Å². The van der Waals surface area contributed by atoms with Gasteiger partial charge in [-0.25, -0.2) is 0 Å². The maximum absolute atomic E-state index is 10.2. The predicted octanol–water partition coefficient (Wildman–Crippen LogP) is 2.04. The molecule has 1 amide bonds. The second kappa shape index (κ2) is 3.90. The van der Waals surface area contributed by atoms with E-state index < -0.39 is 0 Å². The van der Waals surface area contributed by atoms with E-state index in [1.165, 1.54) is 0 Å². The standard InChI is InChI=1S/C10H12NO/c1-3-9-6-4-5-8(2)10(9)11-7-12/h4-6H,3H2,1-2H3,(H,11,12). The number of aryl methyl sites for hydroxylation is 2. The van der Waals surface area contributed by atoms with Crippen molar-refractivity contribution in [3.8, 4) is 0 Å². The normalized spacial score (nSPS) is 9.50. The van der Waals surface area contributed by atoms with Gasteiger partial charge in [-0.1, -0.05) is 25.1 Å². The number of carbonyl (C=O) groups excluding carboxylic acids is 1. The number of nitrogens with one attached hydrogen (secondary N) is 1. The monoisotopic (exact) mass is 162 g/mol. The van der Waals surface area contributed by atoms with E-state index in [1.54, 1.807) is 6.41 Å². The molecule has 0 aromatic heterocycles. The summed E-state index contributed by atoms with van der Waals surface area (Å²) < 4.78 is 0. The van der Waals surface area contributed by atoms with Gasteiger partial charge in [-0.05, 0) is 24.5 Å². The van der Waals surface area contributed by atoms with E-state index in [2.05, 4.69) is 12.2 Å². The molecule has 0 unspecified atom stereocenters. The van der Waals surface area contributed by atoms with Crippen molar-refractivity contribution < 1.29 is 4.79 Å². The molecule has 1 rings (SSSR count). The Bertz CT molecular complexity index is 281. The van der Waals surface area contributed by atoms with Crippen LogP contribution in [0.25, 0.3) is 0 Å². The largest absolute Gasteiger partial charge is 0.317 e. The van der Waals surface area contributed by atoms with Crippen molar-refractivity contribution >= 4 is 12.1 Å². The number of amides is 1. The number of para-hydroxylation sites is 1. The number of anilines is 1. The Balaban J connectivity index is 3.10. The van der Waals surface area contributed by atoms with Crippen LogP contribution in [0, 0.1) is 6.92 Å². The third kappa shape index (κ3) is 1.64. The zero-order chi connectivity index (χ0) is 8.97. The van der Waals surface area contributed by atoms with Gasteiger partial charge in [0.25, 0.3) is 0 Å². The Morgan fingerprint density at radius 3 is 2.83 bits per heavy atom.